The Morgan fingerprint density at radius 3 is 2.55 bits per heavy atom. The number of carbonyl (C=O) groups is 1. The molecule has 0 spiro atoms. The molecule has 0 aromatic rings. The molecular weight excluding hydrogens is 191 g/mol. The van der Waals surface area contributed by atoms with Crippen molar-refractivity contribution in [2.45, 2.75) is 11.8 Å². The van der Waals surface area contributed by atoms with Gasteiger partial charge in [-0.15, -0.1) is 0 Å². The number of oxime groups is 1. The van der Waals surface area contributed by atoms with Gasteiger partial charge in [0, 0.05) is 7.05 Å². The minimum Gasteiger partial charge on any atom is -0.323 e. The summed E-state index contributed by atoms with van der Waals surface area (Å²) >= 11 is 10.8. The first-order valence-electron chi connectivity index (χ1n) is 2.79. The van der Waals surface area contributed by atoms with E-state index in [1.165, 1.54) is 7.05 Å². The van der Waals surface area contributed by atoms with Gasteiger partial charge >= 0.3 is 6.09 Å². The molecule has 0 aromatic carbocycles. The van der Waals surface area contributed by atoms with Crippen LogP contribution < -0.4 is 5.32 Å². The Morgan fingerprint density at radius 1 is 1.64 bits per heavy atom. The number of nitrogens with zero attached hydrogens (tertiary/aromatic N) is 1. The van der Waals surface area contributed by atoms with Crippen LogP contribution in [0.3, 0.4) is 0 Å². The second-order valence-electron chi connectivity index (χ2n) is 1.66. The van der Waals surface area contributed by atoms with E-state index < -0.39 is 10.9 Å². The fourth-order valence-electron chi connectivity index (χ4n) is 0.199. The van der Waals surface area contributed by atoms with E-state index >= 15 is 0 Å². The number of rotatable bonds is 2. The van der Waals surface area contributed by atoms with Crippen LogP contribution in [0.25, 0.3) is 0 Å². The highest BCUT2D eigenvalue weighted by atomic mass is 35.5. The Labute approximate surface area is 74.5 Å². The zero-order chi connectivity index (χ0) is 8.85. The van der Waals surface area contributed by atoms with E-state index in [4.69, 9.17) is 23.2 Å². The number of hydrogen-bond donors (Lipinski definition) is 1. The summed E-state index contributed by atoms with van der Waals surface area (Å²) in [6, 6.07) is 0. The molecule has 1 amide bonds. The van der Waals surface area contributed by atoms with E-state index in [0.29, 0.717) is 5.71 Å². The van der Waals surface area contributed by atoms with Gasteiger partial charge in [-0.1, -0.05) is 28.4 Å². The van der Waals surface area contributed by atoms with Crippen LogP contribution in [0, 0.1) is 0 Å². The van der Waals surface area contributed by atoms with Crippen molar-refractivity contribution in [3.05, 3.63) is 0 Å². The van der Waals surface area contributed by atoms with E-state index in [0.717, 1.165) is 0 Å². The van der Waals surface area contributed by atoms with Gasteiger partial charge in [-0.25, -0.2) is 4.79 Å². The van der Waals surface area contributed by atoms with E-state index in [1.807, 2.05) is 0 Å². The molecule has 0 fully saturated rings. The molecular formula is C5H8Cl2N2O2. The Morgan fingerprint density at radius 2 is 2.18 bits per heavy atom. The normalized spacial score (nSPS) is 11.5. The average Bonchev–Trinajstić information content (AvgIpc) is 1.99. The van der Waals surface area contributed by atoms with Crippen LogP contribution in [0.15, 0.2) is 5.16 Å². The minimum atomic E-state index is -0.750. The summed E-state index contributed by atoms with van der Waals surface area (Å²) < 4.78 is 0. The Hall–Kier alpha value is -0.480. The summed E-state index contributed by atoms with van der Waals surface area (Å²) in [4.78, 5) is 13.9. The van der Waals surface area contributed by atoms with E-state index in [-0.39, 0.29) is 0 Å². The number of nitrogens with one attached hydrogen (secondary N) is 1. The minimum absolute atomic E-state index is 0.330. The molecule has 11 heavy (non-hydrogen) atoms. The number of alkyl halides is 2. The van der Waals surface area contributed by atoms with Gasteiger partial charge in [0.05, 0.1) is 5.71 Å². The van der Waals surface area contributed by atoms with Gasteiger partial charge in [0.15, 0.2) is 0 Å². The first-order valence-corrected chi connectivity index (χ1v) is 3.66. The van der Waals surface area contributed by atoms with E-state index in [1.54, 1.807) is 6.92 Å². The summed E-state index contributed by atoms with van der Waals surface area (Å²) in [7, 11) is 1.42. The van der Waals surface area contributed by atoms with Gasteiger partial charge in [-0.2, -0.15) is 0 Å². The Balaban J connectivity index is 3.82. The molecule has 4 nitrogen and oxygen atoms in total. The van der Waals surface area contributed by atoms with Crippen LogP contribution in [-0.4, -0.2) is 23.7 Å². The van der Waals surface area contributed by atoms with Crippen molar-refractivity contribution in [1.82, 2.24) is 5.32 Å². The largest absolute Gasteiger partial charge is 0.433 e. The molecule has 1 N–H and O–H groups in total. The average molecular weight is 199 g/mol. The zero-order valence-corrected chi connectivity index (χ0v) is 7.61. The van der Waals surface area contributed by atoms with Crippen LogP contribution >= 0.6 is 23.2 Å². The molecule has 6 heteroatoms. The monoisotopic (exact) mass is 198 g/mol. The number of hydrogen-bond acceptors (Lipinski definition) is 3. The maximum Gasteiger partial charge on any atom is 0.433 e. The molecule has 0 aromatic heterocycles. The molecule has 0 heterocycles. The highest BCUT2D eigenvalue weighted by Crippen LogP contribution is 2.03. The Kier molecular flexibility index (Phi) is 4.98. The maximum atomic E-state index is 10.4. The first-order chi connectivity index (χ1) is 5.07. The summed E-state index contributed by atoms with van der Waals surface area (Å²) in [5.41, 5.74) is 0.330. The standard InChI is InChI=1S/C5H8Cl2N2O2/c1-3(4(6)7)9-11-5(10)8-2/h4H,1-2H3,(H,8,10)/b9-3+. The summed E-state index contributed by atoms with van der Waals surface area (Å²) in [6.07, 6.45) is -0.654. The summed E-state index contributed by atoms with van der Waals surface area (Å²) in [6.45, 7) is 1.55. The lowest BCUT2D eigenvalue weighted by molar-refractivity contribution is 0.153. The summed E-state index contributed by atoms with van der Waals surface area (Å²) in [5.74, 6) is 0. The van der Waals surface area contributed by atoms with Crippen molar-refractivity contribution in [3.63, 3.8) is 0 Å². The lowest BCUT2D eigenvalue weighted by Gasteiger charge is -1.98. The molecule has 0 radical (unpaired) electrons. The third-order valence-corrected chi connectivity index (χ3v) is 1.42. The molecule has 0 saturated heterocycles. The van der Waals surface area contributed by atoms with Crippen molar-refractivity contribution >= 4 is 35.0 Å². The first kappa shape index (κ1) is 10.5. The van der Waals surface area contributed by atoms with Crippen LogP contribution in [0.1, 0.15) is 6.92 Å². The number of amides is 1. The fourth-order valence-corrected chi connectivity index (χ4v) is 0.279. The van der Waals surface area contributed by atoms with Crippen molar-refractivity contribution in [1.29, 1.82) is 0 Å². The zero-order valence-electron chi connectivity index (χ0n) is 6.10. The van der Waals surface area contributed by atoms with Gasteiger partial charge in [-0.3, -0.25) is 4.84 Å². The van der Waals surface area contributed by atoms with Gasteiger partial charge in [-0.05, 0) is 6.92 Å². The second kappa shape index (κ2) is 5.21. The van der Waals surface area contributed by atoms with Crippen molar-refractivity contribution in [3.8, 4) is 0 Å². The van der Waals surface area contributed by atoms with Gasteiger partial charge in [0.2, 0.25) is 0 Å². The van der Waals surface area contributed by atoms with Gasteiger partial charge < -0.3 is 5.32 Å². The fraction of sp³-hybridized carbons (Fsp3) is 0.600. The SMILES string of the molecule is CNC(=O)O/N=C(\C)C(Cl)Cl. The highest BCUT2D eigenvalue weighted by Gasteiger charge is 2.04. The van der Waals surface area contributed by atoms with Crippen molar-refractivity contribution < 1.29 is 9.63 Å². The van der Waals surface area contributed by atoms with Gasteiger partial charge in [0.1, 0.15) is 4.84 Å². The van der Waals surface area contributed by atoms with Crippen molar-refractivity contribution in [2.24, 2.45) is 5.16 Å². The summed E-state index contributed by atoms with van der Waals surface area (Å²) in [5, 5.41) is 5.54. The predicted molar refractivity (Wildman–Crippen MR) is 44.1 cm³/mol. The molecule has 0 aliphatic heterocycles. The highest BCUT2D eigenvalue weighted by molar-refractivity contribution is 6.54. The predicted octanol–water partition coefficient (Wildman–Crippen LogP) is 1.52. The quantitative estimate of drug-likeness (QED) is 0.317. The van der Waals surface area contributed by atoms with Gasteiger partial charge in [0.25, 0.3) is 0 Å². The number of carbonyl (C=O) groups excluding carboxylic acids is 1. The molecule has 0 unspecified atom stereocenters. The number of halogens is 2. The van der Waals surface area contributed by atoms with Crippen LogP contribution in [0.5, 0.6) is 0 Å². The Bertz CT molecular complexity index is 170. The molecule has 0 rings (SSSR count). The molecule has 64 valence electrons. The smallest absolute Gasteiger partial charge is 0.323 e. The molecule has 0 aliphatic carbocycles. The topological polar surface area (TPSA) is 50.7 Å². The molecule has 0 saturated carbocycles. The van der Waals surface area contributed by atoms with E-state index in [2.05, 4.69) is 15.3 Å². The second-order valence-corrected chi connectivity index (χ2v) is 2.76. The van der Waals surface area contributed by atoms with Crippen molar-refractivity contribution in [2.75, 3.05) is 7.05 Å². The lowest BCUT2D eigenvalue weighted by atomic mass is 10.5. The van der Waals surface area contributed by atoms with Crippen LogP contribution in [-0.2, 0) is 4.84 Å². The van der Waals surface area contributed by atoms with E-state index in [9.17, 15) is 4.79 Å². The molecule has 0 atom stereocenters. The third kappa shape index (κ3) is 4.86. The third-order valence-electron chi connectivity index (χ3n) is 0.792. The lowest BCUT2D eigenvalue weighted by Crippen LogP contribution is -2.18. The van der Waals surface area contributed by atoms with Crippen LogP contribution in [0.4, 0.5) is 4.79 Å². The molecule has 0 aliphatic rings. The maximum absolute atomic E-state index is 10.4. The molecule has 0 bridgehead atoms. The van der Waals surface area contributed by atoms with Crippen LogP contribution in [0.2, 0.25) is 0 Å².